The number of fused-ring (bicyclic) bond motifs is 1. The standard InChI is InChI=1S/C17H15ClFN3O/c1-23-9-8-22-11-15(12-4-6-17(18,19)7-5-12)14-3-2-13(10-20)21-16(14)22/h2-6,11H,7-9H2,1H3. The lowest BCUT2D eigenvalue weighted by atomic mass is 9.98. The van der Waals surface area contributed by atoms with Gasteiger partial charge in [-0.3, -0.25) is 0 Å². The summed E-state index contributed by atoms with van der Waals surface area (Å²) in [6, 6.07) is 5.60. The van der Waals surface area contributed by atoms with E-state index in [0.717, 1.165) is 16.5 Å². The number of alkyl halides is 2. The molecule has 0 aliphatic heterocycles. The molecule has 0 saturated carbocycles. The van der Waals surface area contributed by atoms with Gasteiger partial charge in [0.05, 0.1) is 6.61 Å². The number of ether oxygens (including phenoxy) is 1. The highest BCUT2D eigenvalue weighted by atomic mass is 35.5. The number of pyridine rings is 1. The maximum atomic E-state index is 13.7. The van der Waals surface area contributed by atoms with Crippen molar-refractivity contribution in [2.24, 2.45) is 0 Å². The van der Waals surface area contributed by atoms with Crippen LogP contribution in [-0.2, 0) is 11.3 Å². The van der Waals surface area contributed by atoms with E-state index in [0.29, 0.717) is 24.5 Å². The molecule has 1 aliphatic carbocycles. The average Bonchev–Trinajstić information content (AvgIpc) is 2.90. The number of rotatable bonds is 4. The van der Waals surface area contributed by atoms with E-state index >= 15 is 0 Å². The number of hydrogen-bond donors (Lipinski definition) is 0. The third-order valence-corrected chi connectivity index (χ3v) is 4.07. The number of halogens is 2. The number of nitrogens with zero attached hydrogens (tertiary/aromatic N) is 3. The minimum atomic E-state index is -1.82. The van der Waals surface area contributed by atoms with E-state index < -0.39 is 5.13 Å². The molecule has 118 valence electrons. The van der Waals surface area contributed by atoms with Gasteiger partial charge in [-0.05, 0) is 23.8 Å². The summed E-state index contributed by atoms with van der Waals surface area (Å²) in [6.45, 7) is 1.15. The number of methoxy groups -OCH3 is 1. The zero-order valence-corrected chi connectivity index (χ0v) is 13.3. The first-order chi connectivity index (χ1) is 11.0. The molecule has 4 nitrogen and oxygen atoms in total. The molecule has 2 aromatic heterocycles. The van der Waals surface area contributed by atoms with Crippen molar-refractivity contribution in [2.45, 2.75) is 18.1 Å². The molecule has 0 spiro atoms. The molecule has 6 heteroatoms. The van der Waals surface area contributed by atoms with Crippen LogP contribution in [0.2, 0.25) is 0 Å². The minimum absolute atomic E-state index is 0.120. The molecular weight excluding hydrogens is 317 g/mol. The average molecular weight is 332 g/mol. The number of nitriles is 1. The van der Waals surface area contributed by atoms with Crippen LogP contribution in [0.5, 0.6) is 0 Å². The van der Waals surface area contributed by atoms with Gasteiger partial charge in [0.2, 0.25) is 5.13 Å². The van der Waals surface area contributed by atoms with Gasteiger partial charge in [-0.15, -0.1) is 0 Å². The molecule has 2 heterocycles. The Morgan fingerprint density at radius 3 is 3.00 bits per heavy atom. The SMILES string of the molecule is COCCn1cc(C2=CCC(F)(Cl)C=C2)c2ccc(C#N)nc21. The third-order valence-electron chi connectivity index (χ3n) is 3.79. The topological polar surface area (TPSA) is 50.8 Å². The van der Waals surface area contributed by atoms with Crippen LogP contribution in [0.3, 0.4) is 0 Å². The summed E-state index contributed by atoms with van der Waals surface area (Å²) in [4.78, 5) is 4.39. The predicted octanol–water partition coefficient (Wildman–Crippen LogP) is 3.80. The number of hydrogen-bond acceptors (Lipinski definition) is 3. The molecule has 1 aliphatic rings. The van der Waals surface area contributed by atoms with Crippen molar-refractivity contribution in [2.75, 3.05) is 13.7 Å². The zero-order chi connectivity index (χ0) is 16.4. The van der Waals surface area contributed by atoms with Crippen LogP contribution >= 0.6 is 11.6 Å². The van der Waals surface area contributed by atoms with E-state index in [1.54, 1.807) is 25.3 Å². The zero-order valence-electron chi connectivity index (χ0n) is 12.6. The molecule has 3 rings (SSSR count). The maximum absolute atomic E-state index is 13.7. The smallest absolute Gasteiger partial charge is 0.205 e. The van der Waals surface area contributed by atoms with Gasteiger partial charge in [0.25, 0.3) is 0 Å². The third kappa shape index (κ3) is 3.14. The van der Waals surface area contributed by atoms with E-state index in [1.165, 1.54) is 6.08 Å². The van der Waals surface area contributed by atoms with Crippen LogP contribution in [0.4, 0.5) is 4.39 Å². The van der Waals surface area contributed by atoms with Crippen LogP contribution < -0.4 is 0 Å². The first-order valence-electron chi connectivity index (χ1n) is 7.20. The van der Waals surface area contributed by atoms with Crippen molar-refractivity contribution in [3.63, 3.8) is 0 Å². The van der Waals surface area contributed by atoms with E-state index in [2.05, 4.69) is 11.1 Å². The molecule has 0 saturated heterocycles. The fourth-order valence-corrected chi connectivity index (χ4v) is 2.75. The quantitative estimate of drug-likeness (QED) is 0.801. The van der Waals surface area contributed by atoms with Crippen LogP contribution in [0, 0.1) is 11.3 Å². The minimum Gasteiger partial charge on any atom is -0.383 e. The first-order valence-corrected chi connectivity index (χ1v) is 7.58. The summed E-state index contributed by atoms with van der Waals surface area (Å²) in [5.74, 6) is 0. The normalized spacial score (nSPS) is 20.5. The summed E-state index contributed by atoms with van der Waals surface area (Å²) >= 11 is 5.69. The van der Waals surface area contributed by atoms with Crippen molar-refractivity contribution in [1.29, 1.82) is 5.26 Å². The highest BCUT2D eigenvalue weighted by Gasteiger charge is 2.25. The predicted molar refractivity (Wildman–Crippen MR) is 87.8 cm³/mol. The van der Waals surface area contributed by atoms with Gasteiger partial charge in [-0.2, -0.15) is 5.26 Å². The molecule has 0 radical (unpaired) electrons. The van der Waals surface area contributed by atoms with Gasteiger partial charge in [0, 0.05) is 37.2 Å². The molecule has 0 fully saturated rings. The Bertz CT molecular complexity index is 845. The Kier molecular flexibility index (Phi) is 4.20. The highest BCUT2D eigenvalue weighted by Crippen LogP contribution is 2.35. The molecule has 2 aromatic rings. The molecule has 0 aromatic carbocycles. The second-order valence-corrected chi connectivity index (χ2v) is 5.99. The molecule has 0 bridgehead atoms. The second-order valence-electron chi connectivity index (χ2n) is 5.37. The monoisotopic (exact) mass is 331 g/mol. The number of allylic oxidation sites excluding steroid dienone is 4. The van der Waals surface area contributed by atoms with Crippen molar-refractivity contribution in [1.82, 2.24) is 9.55 Å². The van der Waals surface area contributed by atoms with Gasteiger partial charge in [-0.25, -0.2) is 9.37 Å². The van der Waals surface area contributed by atoms with Crippen LogP contribution in [-0.4, -0.2) is 28.4 Å². The maximum Gasteiger partial charge on any atom is 0.205 e. The fraction of sp³-hybridized carbons (Fsp3) is 0.294. The molecule has 0 amide bonds. The summed E-state index contributed by atoms with van der Waals surface area (Å²) in [7, 11) is 1.63. The Balaban J connectivity index is 2.09. The van der Waals surface area contributed by atoms with Gasteiger partial charge in [0.1, 0.15) is 17.4 Å². The molecule has 0 N–H and O–H groups in total. The van der Waals surface area contributed by atoms with Crippen molar-refractivity contribution >= 4 is 28.2 Å². The Hall–Kier alpha value is -2.16. The van der Waals surface area contributed by atoms with Gasteiger partial charge >= 0.3 is 0 Å². The largest absolute Gasteiger partial charge is 0.383 e. The molecular formula is C17H15ClFN3O. The Morgan fingerprint density at radius 2 is 2.35 bits per heavy atom. The van der Waals surface area contributed by atoms with Crippen LogP contribution in [0.25, 0.3) is 16.6 Å². The van der Waals surface area contributed by atoms with E-state index in [9.17, 15) is 4.39 Å². The lowest BCUT2D eigenvalue weighted by molar-refractivity contribution is 0.188. The summed E-state index contributed by atoms with van der Waals surface area (Å²) in [5.41, 5.74) is 2.91. The van der Waals surface area contributed by atoms with Crippen molar-refractivity contribution < 1.29 is 9.13 Å². The van der Waals surface area contributed by atoms with Crippen LogP contribution in [0.1, 0.15) is 17.7 Å². The highest BCUT2D eigenvalue weighted by molar-refractivity contribution is 6.24. The van der Waals surface area contributed by atoms with E-state index in [1.807, 2.05) is 16.8 Å². The van der Waals surface area contributed by atoms with E-state index in [4.69, 9.17) is 21.6 Å². The molecule has 23 heavy (non-hydrogen) atoms. The van der Waals surface area contributed by atoms with Crippen molar-refractivity contribution in [3.8, 4) is 6.07 Å². The van der Waals surface area contributed by atoms with Gasteiger partial charge in [-0.1, -0.05) is 23.8 Å². The lowest BCUT2D eigenvalue weighted by Crippen LogP contribution is -2.11. The van der Waals surface area contributed by atoms with E-state index in [-0.39, 0.29) is 6.42 Å². The van der Waals surface area contributed by atoms with Crippen LogP contribution in [0.15, 0.2) is 36.6 Å². The molecule has 1 atom stereocenters. The Morgan fingerprint density at radius 1 is 1.52 bits per heavy atom. The second kappa shape index (κ2) is 6.15. The summed E-state index contributed by atoms with van der Waals surface area (Å²) in [6.07, 6.45) is 6.90. The summed E-state index contributed by atoms with van der Waals surface area (Å²) < 4.78 is 20.8. The lowest BCUT2D eigenvalue weighted by Gasteiger charge is -2.16. The van der Waals surface area contributed by atoms with Gasteiger partial charge in [0.15, 0.2) is 0 Å². The summed E-state index contributed by atoms with van der Waals surface area (Å²) in [5, 5.41) is 8.15. The first kappa shape index (κ1) is 15.7. The Labute approximate surface area is 138 Å². The van der Waals surface area contributed by atoms with Gasteiger partial charge < -0.3 is 9.30 Å². The molecule has 1 unspecified atom stereocenters. The number of aromatic nitrogens is 2. The fourth-order valence-electron chi connectivity index (χ4n) is 2.61. The van der Waals surface area contributed by atoms with Crippen molar-refractivity contribution in [3.05, 3.63) is 47.8 Å².